The summed E-state index contributed by atoms with van der Waals surface area (Å²) in [5.41, 5.74) is 0.609. The van der Waals surface area contributed by atoms with E-state index in [2.05, 4.69) is 10.6 Å². The van der Waals surface area contributed by atoms with Crippen LogP contribution in [-0.2, 0) is 19.2 Å². The lowest BCUT2D eigenvalue weighted by Gasteiger charge is -2.23. The summed E-state index contributed by atoms with van der Waals surface area (Å²) >= 11 is 0. The minimum atomic E-state index is -1.12. The van der Waals surface area contributed by atoms with Crippen molar-refractivity contribution < 1.29 is 33.8 Å². The number of amides is 3. The zero-order valence-electron chi connectivity index (χ0n) is 18.4. The molecule has 0 radical (unpaired) electrons. The number of carboxylic acids is 1. The van der Waals surface area contributed by atoms with Gasteiger partial charge in [-0.05, 0) is 25.0 Å². The Morgan fingerprint density at radius 2 is 1.84 bits per heavy atom. The Hall–Kier alpha value is -3.30. The number of hydrogen-bond acceptors (Lipinski definition) is 6. The molecule has 1 aromatic rings. The van der Waals surface area contributed by atoms with Crippen molar-refractivity contribution in [3.05, 3.63) is 18.2 Å². The number of ether oxygens (including phenoxy) is 2. The fourth-order valence-corrected chi connectivity index (χ4v) is 3.69. The molecule has 2 aliphatic rings. The molecule has 0 saturated carbocycles. The molecule has 4 atom stereocenters. The van der Waals surface area contributed by atoms with Gasteiger partial charge in [0.25, 0.3) is 0 Å². The van der Waals surface area contributed by atoms with Crippen LogP contribution in [0.3, 0.4) is 0 Å². The number of nitrogens with zero attached hydrogens (tertiary/aromatic N) is 1. The molecule has 2 aliphatic heterocycles. The van der Waals surface area contributed by atoms with E-state index in [0.29, 0.717) is 36.8 Å². The number of aliphatic carboxylic acids is 1. The smallest absolute Gasteiger partial charge is 0.326 e. The fourth-order valence-electron chi connectivity index (χ4n) is 3.69. The van der Waals surface area contributed by atoms with Crippen LogP contribution >= 0.6 is 0 Å². The van der Waals surface area contributed by atoms with Gasteiger partial charge >= 0.3 is 5.97 Å². The van der Waals surface area contributed by atoms with Crippen molar-refractivity contribution in [1.29, 1.82) is 0 Å². The van der Waals surface area contributed by atoms with Crippen molar-refractivity contribution in [3.63, 3.8) is 0 Å². The van der Waals surface area contributed by atoms with Gasteiger partial charge in [0.15, 0.2) is 11.5 Å². The first-order valence-corrected chi connectivity index (χ1v) is 10.7. The second kappa shape index (κ2) is 9.88. The maximum Gasteiger partial charge on any atom is 0.326 e. The molecule has 0 spiro atoms. The molecular formula is C22H29N3O7. The summed E-state index contributed by atoms with van der Waals surface area (Å²) in [7, 11) is 0. The van der Waals surface area contributed by atoms with Gasteiger partial charge in [0.2, 0.25) is 17.7 Å². The highest BCUT2D eigenvalue weighted by molar-refractivity contribution is 6.01. The number of carboxylic acid groups (broad SMARTS) is 1. The number of carbonyl (C=O) groups is 4. The van der Waals surface area contributed by atoms with Crippen molar-refractivity contribution >= 4 is 29.4 Å². The molecule has 3 N–H and O–H groups in total. The summed E-state index contributed by atoms with van der Waals surface area (Å²) < 4.78 is 11.0. The van der Waals surface area contributed by atoms with Crippen LogP contribution < -0.4 is 25.0 Å². The van der Waals surface area contributed by atoms with E-state index in [0.717, 1.165) is 0 Å². The maximum absolute atomic E-state index is 12.7. The van der Waals surface area contributed by atoms with Crippen molar-refractivity contribution in [2.24, 2.45) is 11.8 Å². The van der Waals surface area contributed by atoms with E-state index in [1.165, 1.54) is 11.8 Å². The van der Waals surface area contributed by atoms with Gasteiger partial charge in [0, 0.05) is 24.7 Å². The molecule has 0 aliphatic carbocycles. The standard InChI is InChI=1S/C22H29N3O7/c1-4-12(2)19(22(29)30)24-20(27)13(3)23-21(28)14-9-18(26)25(11-14)15-5-6-16-17(10-15)32-8-7-31-16/h5-6,10,12-14,19H,4,7-9,11H2,1-3H3,(H,23,28)(H,24,27)(H,29,30)/t12-,13-,14-,19-/m0/s1. The number of anilines is 1. The molecule has 10 nitrogen and oxygen atoms in total. The molecule has 2 heterocycles. The zero-order chi connectivity index (χ0) is 23.4. The Bertz CT molecular complexity index is 904. The molecule has 3 amide bonds. The van der Waals surface area contributed by atoms with Crippen molar-refractivity contribution in [2.75, 3.05) is 24.7 Å². The highest BCUT2D eigenvalue weighted by Crippen LogP contribution is 2.36. The van der Waals surface area contributed by atoms with E-state index in [9.17, 15) is 24.3 Å². The lowest BCUT2D eigenvalue weighted by molar-refractivity contribution is -0.143. The fraction of sp³-hybridized carbons (Fsp3) is 0.545. The van der Waals surface area contributed by atoms with E-state index in [-0.39, 0.29) is 24.8 Å². The molecule has 0 aromatic heterocycles. The predicted octanol–water partition coefficient (Wildman–Crippen LogP) is 0.931. The summed E-state index contributed by atoms with van der Waals surface area (Å²) in [6.07, 6.45) is 0.594. The molecule has 10 heteroatoms. The average Bonchev–Trinajstić information content (AvgIpc) is 3.17. The first kappa shape index (κ1) is 23.4. The van der Waals surface area contributed by atoms with Crippen LogP contribution in [0, 0.1) is 11.8 Å². The van der Waals surface area contributed by atoms with E-state index in [4.69, 9.17) is 9.47 Å². The third-order valence-corrected chi connectivity index (χ3v) is 5.86. The van der Waals surface area contributed by atoms with E-state index in [1.54, 1.807) is 25.1 Å². The largest absolute Gasteiger partial charge is 0.486 e. The second-order valence-corrected chi connectivity index (χ2v) is 8.17. The molecule has 174 valence electrons. The molecule has 1 fully saturated rings. The van der Waals surface area contributed by atoms with Crippen molar-refractivity contribution in [2.45, 2.75) is 45.7 Å². The van der Waals surface area contributed by atoms with E-state index >= 15 is 0 Å². The molecule has 3 rings (SSSR count). The van der Waals surface area contributed by atoms with Gasteiger partial charge in [-0.2, -0.15) is 0 Å². The van der Waals surface area contributed by atoms with Crippen LogP contribution in [0.15, 0.2) is 18.2 Å². The van der Waals surface area contributed by atoms with Crippen LogP contribution in [-0.4, -0.2) is 60.6 Å². The van der Waals surface area contributed by atoms with E-state index in [1.807, 2.05) is 6.92 Å². The van der Waals surface area contributed by atoms with Gasteiger partial charge in [-0.1, -0.05) is 20.3 Å². The van der Waals surface area contributed by atoms with Gasteiger partial charge in [-0.25, -0.2) is 4.79 Å². The lowest BCUT2D eigenvalue weighted by atomic mass is 9.99. The molecular weight excluding hydrogens is 418 g/mol. The SMILES string of the molecule is CC[C@H](C)[C@H](NC(=O)[C@H](C)NC(=O)[C@H]1CC(=O)N(c2ccc3c(c2)OCCO3)C1)C(=O)O. The zero-order valence-corrected chi connectivity index (χ0v) is 18.4. The lowest BCUT2D eigenvalue weighted by Crippen LogP contribution is -2.53. The number of fused-ring (bicyclic) bond motifs is 1. The van der Waals surface area contributed by atoms with Crippen LogP contribution in [0.5, 0.6) is 11.5 Å². The minimum Gasteiger partial charge on any atom is -0.486 e. The Morgan fingerprint density at radius 1 is 1.16 bits per heavy atom. The topological polar surface area (TPSA) is 134 Å². The maximum atomic E-state index is 12.7. The van der Waals surface area contributed by atoms with Gasteiger partial charge in [-0.15, -0.1) is 0 Å². The molecule has 1 aromatic carbocycles. The molecule has 0 bridgehead atoms. The normalized spacial score (nSPS) is 20.3. The summed E-state index contributed by atoms with van der Waals surface area (Å²) in [5.74, 6) is -2.08. The average molecular weight is 447 g/mol. The van der Waals surface area contributed by atoms with Crippen molar-refractivity contribution in [3.8, 4) is 11.5 Å². The number of benzene rings is 1. The van der Waals surface area contributed by atoms with Crippen LogP contribution in [0.2, 0.25) is 0 Å². The van der Waals surface area contributed by atoms with Crippen molar-refractivity contribution in [1.82, 2.24) is 10.6 Å². The Morgan fingerprint density at radius 3 is 2.50 bits per heavy atom. The van der Waals surface area contributed by atoms with E-state index < -0.39 is 35.8 Å². The number of nitrogens with one attached hydrogen (secondary N) is 2. The molecule has 32 heavy (non-hydrogen) atoms. The number of hydrogen-bond donors (Lipinski definition) is 3. The second-order valence-electron chi connectivity index (χ2n) is 8.17. The van der Waals surface area contributed by atoms with Gasteiger partial charge in [0.1, 0.15) is 25.3 Å². The highest BCUT2D eigenvalue weighted by Gasteiger charge is 2.37. The summed E-state index contributed by atoms with van der Waals surface area (Å²) in [4.78, 5) is 50.6. The van der Waals surface area contributed by atoms with Crippen LogP contribution in [0.25, 0.3) is 0 Å². The van der Waals surface area contributed by atoms with Gasteiger partial charge < -0.3 is 30.1 Å². The third kappa shape index (κ3) is 5.12. The van der Waals surface area contributed by atoms with Gasteiger partial charge in [-0.3, -0.25) is 14.4 Å². The summed E-state index contributed by atoms with van der Waals surface area (Å²) in [6, 6.07) is 3.21. The summed E-state index contributed by atoms with van der Waals surface area (Å²) in [5, 5.41) is 14.4. The Labute approximate surface area is 186 Å². The van der Waals surface area contributed by atoms with Gasteiger partial charge in [0.05, 0.1) is 5.92 Å². The Balaban J connectivity index is 1.59. The molecule has 0 unspecified atom stereocenters. The monoisotopic (exact) mass is 447 g/mol. The first-order valence-electron chi connectivity index (χ1n) is 10.7. The van der Waals surface area contributed by atoms with Crippen LogP contribution in [0.1, 0.15) is 33.6 Å². The highest BCUT2D eigenvalue weighted by atomic mass is 16.6. The third-order valence-electron chi connectivity index (χ3n) is 5.86. The number of rotatable bonds is 8. The first-order chi connectivity index (χ1) is 15.2. The quantitative estimate of drug-likeness (QED) is 0.540. The Kier molecular flexibility index (Phi) is 7.22. The minimum absolute atomic E-state index is 0.0131. The number of carbonyl (C=O) groups excluding carboxylic acids is 3. The predicted molar refractivity (Wildman–Crippen MR) is 115 cm³/mol. The summed E-state index contributed by atoms with van der Waals surface area (Å²) in [6.45, 7) is 6.12. The molecule has 1 saturated heterocycles. The van der Waals surface area contributed by atoms with Crippen LogP contribution in [0.4, 0.5) is 5.69 Å².